The fourth-order valence-electron chi connectivity index (χ4n) is 2.88. The van der Waals surface area contributed by atoms with Gasteiger partial charge in [0.15, 0.2) is 0 Å². The maximum atomic E-state index is 11.6. The standard InChI is InChI=1S/C19H18N2O3.Pd/c1-12-5-3-8-16(13(12)2)19(24,17-10-20-11-21-17)15-7-4-6-14(9-15)18(22)23;/h3-11,24H,1-2H3,(H2,20,21,22,23);/p-1. The Hall–Kier alpha value is -2.26. The van der Waals surface area contributed by atoms with Crippen LogP contribution in [0, 0.1) is 13.8 Å². The Labute approximate surface area is 159 Å². The Bertz CT molecular complexity index is 893. The normalized spacial score (nSPS) is 12.9. The largest absolute Gasteiger partial charge is 0.478 e. The van der Waals surface area contributed by atoms with Gasteiger partial charge in [0.2, 0.25) is 0 Å². The van der Waals surface area contributed by atoms with E-state index >= 15 is 0 Å². The molecule has 0 aliphatic rings. The molecular formula is C19H17N2O3Pd-. The summed E-state index contributed by atoms with van der Waals surface area (Å²) < 4.78 is 0. The number of rotatable bonds is 4. The molecular weight excluding hydrogens is 411 g/mol. The Morgan fingerprint density at radius 1 is 1.16 bits per heavy atom. The number of carboxylic acids is 1. The summed E-state index contributed by atoms with van der Waals surface area (Å²) in [6.07, 6.45) is 2.86. The third-order valence-corrected chi connectivity index (χ3v) is 4.35. The first kappa shape index (κ1) is 19.1. The summed E-state index contributed by atoms with van der Waals surface area (Å²) in [4.78, 5) is 19.5. The van der Waals surface area contributed by atoms with E-state index in [1.165, 1.54) is 24.7 Å². The van der Waals surface area contributed by atoms with Crippen molar-refractivity contribution >= 4 is 5.97 Å². The molecule has 0 amide bonds. The van der Waals surface area contributed by atoms with Gasteiger partial charge in [0, 0.05) is 20.4 Å². The number of aromatic nitrogens is 2. The third-order valence-electron chi connectivity index (χ3n) is 4.35. The molecule has 0 bridgehead atoms. The number of carbonyl (C=O) groups is 1. The summed E-state index contributed by atoms with van der Waals surface area (Å²) in [5.41, 5.74) is 1.94. The van der Waals surface area contributed by atoms with Crippen LogP contribution >= 0.6 is 0 Å². The van der Waals surface area contributed by atoms with Crippen LogP contribution in [0.4, 0.5) is 0 Å². The Morgan fingerprint density at radius 3 is 2.52 bits per heavy atom. The van der Waals surface area contributed by atoms with Gasteiger partial charge < -0.3 is 20.2 Å². The van der Waals surface area contributed by atoms with Crippen molar-refractivity contribution in [2.75, 3.05) is 0 Å². The molecule has 1 heterocycles. The van der Waals surface area contributed by atoms with Crippen LogP contribution in [0.1, 0.15) is 38.3 Å². The summed E-state index contributed by atoms with van der Waals surface area (Å²) in [6.45, 7) is 3.89. The van der Waals surface area contributed by atoms with E-state index < -0.39 is 11.6 Å². The van der Waals surface area contributed by atoms with Crippen molar-refractivity contribution in [3.8, 4) is 0 Å². The number of hydrogen-bond acceptors (Lipinski definition) is 3. The summed E-state index contributed by atoms with van der Waals surface area (Å²) in [6, 6.07) is 11.9. The van der Waals surface area contributed by atoms with Gasteiger partial charge in [0.25, 0.3) is 0 Å². The van der Waals surface area contributed by atoms with Crippen molar-refractivity contribution in [3.05, 3.63) is 88.5 Å². The SMILES string of the molecule is Cc1cccc(C(O)(c2cccc(C(=O)O)c2)c2c[n-]cn2)c1C.[Pd]. The topological polar surface area (TPSA) is 84.5 Å². The number of benzene rings is 2. The smallest absolute Gasteiger partial charge is 0.335 e. The quantitative estimate of drug-likeness (QED) is 0.625. The molecule has 0 saturated carbocycles. The molecule has 0 fully saturated rings. The summed E-state index contributed by atoms with van der Waals surface area (Å²) in [7, 11) is 0. The van der Waals surface area contributed by atoms with Crippen LogP contribution < -0.4 is 4.98 Å². The van der Waals surface area contributed by atoms with Crippen molar-refractivity contribution in [2.45, 2.75) is 19.4 Å². The van der Waals surface area contributed by atoms with E-state index in [1.807, 2.05) is 32.0 Å². The van der Waals surface area contributed by atoms with Crippen LogP contribution in [-0.2, 0) is 26.0 Å². The number of carboxylic acid groups (broad SMARTS) is 1. The van der Waals surface area contributed by atoms with Gasteiger partial charge in [-0.1, -0.05) is 42.9 Å². The minimum Gasteiger partial charge on any atom is -0.478 e. The predicted molar refractivity (Wildman–Crippen MR) is 89.0 cm³/mol. The van der Waals surface area contributed by atoms with Gasteiger partial charge >= 0.3 is 5.97 Å². The molecule has 1 atom stereocenters. The van der Waals surface area contributed by atoms with Crippen LogP contribution in [0.5, 0.6) is 0 Å². The summed E-state index contributed by atoms with van der Waals surface area (Å²) in [5.74, 6) is -1.05. The van der Waals surface area contributed by atoms with Crippen LogP contribution in [-0.4, -0.2) is 21.2 Å². The molecule has 0 saturated heterocycles. The van der Waals surface area contributed by atoms with Crippen LogP contribution in [0.25, 0.3) is 0 Å². The van der Waals surface area contributed by atoms with E-state index in [-0.39, 0.29) is 26.0 Å². The van der Waals surface area contributed by atoms with E-state index in [0.29, 0.717) is 16.8 Å². The maximum Gasteiger partial charge on any atom is 0.335 e. The summed E-state index contributed by atoms with van der Waals surface area (Å²) >= 11 is 0. The molecule has 3 aromatic rings. The number of aromatic carboxylic acids is 1. The minimum absolute atomic E-state index is 0. The second-order valence-corrected chi connectivity index (χ2v) is 5.75. The molecule has 132 valence electrons. The molecule has 0 aliphatic heterocycles. The molecule has 2 aromatic carbocycles. The Balaban J connectivity index is 0.00000225. The molecule has 1 aromatic heterocycles. The van der Waals surface area contributed by atoms with Crippen LogP contribution in [0.15, 0.2) is 55.0 Å². The minimum atomic E-state index is -1.57. The number of nitrogens with zero attached hydrogens (tertiary/aromatic N) is 2. The molecule has 0 spiro atoms. The first-order chi connectivity index (χ1) is 11.4. The van der Waals surface area contributed by atoms with Crippen molar-refractivity contribution in [1.29, 1.82) is 0 Å². The average Bonchev–Trinajstić information content (AvgIpc) is 3.12. The van der Waals surface area contributed by atoms with Crippen molar-refractivity contribution in [2.24, 2.45) is 0 Å². The van der Waals surface area contributed by atoms with Gasteiger partial charge in [-0.05, 0) is 53.9 Å². The van der Waals surface area contributed by atoms with E-state index in [0.717, 1.165) is 11.1 Å². The first-order valence-electron chi connectivity index (χ1n) is 7.50. The van der Waals surface area contributed by atoms with Crippen molar-refractivity contribution in [3.63, 3.8) is 0 Å². The van der Waals surface area contributed by atoms with E-state index in [1.54, 1.807) is 12.1 Å². The zero-order valence-corrected chi connectivity index (χ0v) is 15.3. The van der Waals surface area contributed by atoms with Crippen LogP contribution in [0.2, 0.25) is 0 Å². The van der Waals surface area contributed by atoms with Gasteiger partial charge in [0.1, 0.15) is 5.60 Å². The van der Waals surface area contributed by atoms with Gasteiger partial charge in [-0.25, -0.2) is 4.79 Å². The molecule has 5 nitrogen and oxygen atoms in total. The zero-order chi connectivity index (χ0) is 17.3. The van der Waals surface area contributed by atoms with E-state index in [2.05, 4.69) is 9.97 Å². The number of imidazole rings is 1. The van der Waals surface area contributed by atoms with Gasteiger partial charge in [-0.15, -0.1) is 0 Å². The fourth-order valence-corrected chi connectivity index (χ4v) is 2.88. The van der Waals surface area contributed by atoms with E-state index in [9.17, 15) is 15.0 Å². The zero-order valence-electron chi connectivity index (χ0n) is 13.7. The molecule has 25 heavy (non-hydrogen) atoms. The second-order valence-electron chi connectivity index (χ2n) is 5.75. The predicted octanol–water partition coefficient (Wildman–Crippen LogP) is 2.64. The number of aliphatic hydroxyl groups is 1. The fraction of sp³-hybridized carbons (Fsp3) is 0.158. The molecule has 0 radical (unpaired) electrons. The molecule has 1 unspecified atom stereocenters. The van der Waals surface area contributed by atoms with E-state index in [4.69, 9.17) is 0 Å². The second kappa shape index (κ2) is 7.32. The Kier molecular flexibility index (Phi) is 5.59. The first-order valence-corrected chi connectivity index (χ1v) is 7.50. The number of hydrogen-bond donors (Lipinski definition) is 2. The molecule has 2 N–H and O–H groups in total. The van der Waals surface area contributed by atoms with Crippen molar-refractivity contribution in [1.82, 2.24) is 9.97 Å². The van der Waals surface area contributed by atoms with Gasteiger partial charge in [-0.3, -0.25) is 0 Å². The third kappa shape index (κ3) is 3.29. The average molecular weight is 428 g/mol. The molecule has 6 heteroatoms. The molecule has 3 rings (SSSR count). The summed E-state index contributed by atoms with van der Waals surface area (Å²) in [5, 5.41) is 20.9. The van der Waals surface area contributed by atoms with Gasteiger partial charge in [-0.2, -0.15) is 0 Å². The maximum absolute atomic E-state index is 11.6. The van der Waals surface area contributed by atoms with Crippen LogP contribution in [0.3, 0.4) is 0 Å². The molecule has 0 aliphatic carbocycles. The van der Waals surface area contributed by atoms with Crippen molar-refractivity contribution < 1.29 is 35.4 Å². The number of aryl methyl sites for hydroxylation is 1. The monoisotopic (exact) mass is 427 g/mol. The Morgan fingerprint density at radius 2 is 1.88 bits per heavy atom. The van der Waals surface area contributed by atoms with Gasteiger partial charge in [0.05, 0.1) is 5.56 Å².